The van der Waals surface area contributed by atoms with Crippen molar-refractivity contribution < 1.29 is 14.7 Å². The van der Waals surface area contributed by atoms with E-state index in [2.05, 4.69) is 11.9 Å². The maximum Gasteiger partial charge on any atom is 0.251 e. The predicted octanol–water partition coefficient (Wildman–Crippen LogP) is 3.11. The third-order valence-electron chi connectivity index (χ3n) is 4.03. The van der Waals surface area contributed by atoms with Crippen molar-refractivity contribution in [1.29, 1.82) is 0 Å². The Morgan fingerprint density at radius 3 is 2.64 bits per heavy atom. The van der Waals surface area contributed by atoms with Gasteiger partial charge in [-0.3, -0.25) is 14.6 Å². The normalized spacial score (nSPS) is 20.7. The van der Waals surface area contributed by atoms with Crippen molar-refractivity contribution in [2.24, 2.45) is 4.99 Å². The van der Waals surface area contributed by atoms with Crippen LogP contribution in [0.5, 0.6) is 0 Å². The van der Waals surface area contributed by atoms with Crippen LogP contribution in [0.15, 0.2) is 4.99 Å². The molecule has 1 N–H and O–H groups in total. The van der Waals surface area contributed by atoms with E-state index in [-0.39, 0.29) is 18.4 Å². The van der Waals surface area contributed by atoms with Gasteiger partial charge in [0.25, 0.3) is 5.91 Å². The Bertz CT molecular complexity index is 358. The van der Waals surface area contributed by atoms with Crippen LogP contribution in [-0.4, -0.2) is 47.1 Å². The highest BCUT2D eigenvalue weighted by Crippen LogP contribution is 2.14. The summed E-state index contributed by atoms with van der Waals surface area (Å²) >= 11 is 0. The van der Waals surface area contributed by atoms with Gasteiger partial charge in [-0.2, -0.15) is 0 Å². The van der Waals surface area contributed by atoms with E-state index in [1.807, 2.05) is 13.8 Å². The van der Waals surface area contributed by atoms with E-state index >= 15 is 0 Å². The summed E-state index contributed by atoms with van der Waals surface area (Å²) < 4.78 is 0. The molecule has 0 saturated heterocycles. The number of amides is 1. The fourth-order valence-electron chi connectivity index (χ4n) is 2.61. The molecule has 0 aromatic rings. The minimum Gasteiger partial charge on any atom is -0.391 e. The predicted molar refractivity (Wildman–Crippen MR) is 88.9 cm³/mol. The molecule has 2 unspecified atom stereocenters. The number of hydrogen-bond donors (Lipinski definition) is 1. The first-order valence-electron chi connectivity index (χ1n) is 8.73. The van der Waals surface area contributed by atoms with Crippen molar-refractivity contribution in [3.63, 3.8) is 0 Å². The highest BCUT2D eigenvalue weighted by molar-refractivity contribution is 6.00. The molecule has 22 heavy (non-hydrogen) atoms. The Balaban J connectivity index is 2.36. The molecule has 1 aliphatic rings. The maximum atomic E-state index is 12.1. The SMILES string of the molecule is CCCCCCCCON1CC(C(O)CC)N=C(C)CC1=O. The van der Waals surface area contributed by atoms with Gasteiger partial charge in [-0.15, -0.1) is 0 Å². The quantitative estimate of drug-likeness (QED) is 0.630. The molecule has 1 aliphatic heterocycles. The molecule has 0 aliphatic carbocycles. The number of unbranched alkanes of at least 4 members (excludes halogenated alkanes) is 5. The molecule has 0 fully saturated rings. The number of rotatable bonds is 10. The highest BCUT2D eigenvalue weighted by atomic mass is 16.7. The lowest BCUT2D eigenvalue weighted by atomic mass is 10.1. The number of nitrogens with zero attached hydrogens (tertiary/aromatic N) is 2. The smallest absolute Gasteiger partial charge is 0.251 e. The van der Waals surface area contributed by atoms with Crippen LogP contribution in [0, 0.1) is 0 Å². The zero-order valence-electron chi connectivity index (χ0n) is 14.4. The third-order valence-corrected chi connectivity index (χ3v) is 4.03. The fourth-order valence-corrected chi connectivity index (χ4v) is 2.61. The van der Waals surface area contributed by atoms with Crippen LogP contribution in [0.25, 0.3) is 0 Å². The van der Waals surface area contributed by atoms with Gasteiger partial charge >= 0.3 is 0 Å². The average Bonchev–Trinajstić information content (AvgIpc) is 2.64. The number of carbonyl (C=O) groups excluding carboxylic acids is 1. The number of aliphatic hydroxyl groups is 1. The van der Waals surface area contributed by atoms with E-state index in [4.69, 9.17) is 4.84 Å². The Hall–Kier alpha value is -0.940. The average molecular weight is 312 g/mol. The van der Waals surface area contributed by atoms with Crippen molar-refractivity contribution in [2.45, 2.75) is 84.3 Å². The van der Waals surface area contributed by atoms with Crippen LogP contribution in [0.3, 0.4) is 0 Å². The highest BCUT2D eigenvalue weighted by Gasteiger charge is 2.27. The molecule has 0 bridgehead atoms. The molecular formula is C17H32N2O3. The number of carbonyl (C=O) groups is 1. The zero-order valence-corrected chi connectivity index (χ0v) is 14.4. The number of hydroxylamine groups is 2. The maximum absolute atomic E-state index is 12.1. The molecule has 1 heterocycles. The van der Waals surface area contributed by atoms with E-state index < -0.39 is 6.10 Å². The van der Waals surface area contributed by atoms with Gasteiger partial charge in [-0.1, -0.05) is 46.0 Å². The minimum absolute atomic E-state index is 0.0574. The van der Waals surface area contributed by atoms with Crippen LogP contribution in [0.2, 0.25) is 0 Å². The number of aliphatic hydroxyl groups excluding tert-OH is 1. The molecular weight excluding hydrogens is 280 g/mol. The Morgan fingerprint density at radius 2 is 1.95 bits per heavy atom. The molecule has 128 valence electrons. The first-order chi connectivity index (χ1) is 10.6. The second-order valence-corrected chi connectivity index (χ2v) is 6.14. The minimum atomic E-state index is -0.527. The summed E-state index contributed by atoms with van der Waals surface area (Å²) in [5.41, 5.74) is 0.771. The fraction of sp³-hybridized carbons (Fsp3) is 0.882. The molecule has 0 aromatic carbocycles. The summed E-state index contributed by atoms with van der Waals surface area (Å²) in [5, 5.41) is 11.4. The molecule has 0 spiro atoms. The van der Waals surface area contributed by atoms with Gasteiger partial charge in [0, 0.05) is 5.71 Å². The van der Waals surface area contributed by atoms with Crippen LogP contribution < -0.4 is 0 Å². The molecule has 2 atom stereocenters. The van der Waals surface area contributed by atoms with Crippen molar-refractivity contribution in [3.05, 3.63) is 0 Å². The number of hydrogen-bond acceptors (Lipinski definition) is 4. The first kappa shape index (κ1) is 19.1. The van der Waals surface area contributed by atoms with E-state index in [1.165, 1.54) is 30.7 Å². The Labute approximate surface area is 134 Å². The van der Waals surface area contributed by atoms with Gasteiger partial charge in [-0.25, -0.2) is 5.06 Å². The van der Waals surface area contributed by atoms with Crippen LogP contribution in [-0.2, 0) is 9.63 Å². The lowest BCUT2D eigenvalue weighted by Gasteiger charge is -2.25. The standard InChI is InChI=1S/C17H32N2O3/c1-4-6-7-8-9-10-11-22-19-13-15(16(20)5-2)18-14(3)12-17(19)21/h15-16,20H,4-13H2,1-3H3. The molecule has 0 aromatic heterocycles. The number of aliphatic imine (C=N–C) groups is 1. The van der Waals surface area contributed by atoms with Crippen LogP contribution >= 0.6 is 0 Å². The molecule has 1 rings (SSSR count). The first-order valence-corrected chi connectivity index (χ1v) is 8.73. The van der Waals surface area contributed by atoms with Crippen molar-refractivity contribution in [2.75, 3.05) is 13.2 Å². The molecule has 5 nitrogen and oxygen atoms in total. The van der Waals surface area contributed by atoms with Gasteiger partial charge in [0.1, 0.15) is 0 Å². The van der Waals surface area contributed by atoms with Gasteiger partial charge in [0.05, 0.1) is 31.7 Å². The van der Waals surface area contributed by atoms with E-state index in [0.717, 1.165) is 18.6 Å². The monoisotopic (exact) mass is 312 g/mol. The summed E-state index contributed by atoms with van der Waals surface area (Å²) in [5.74, 6) is -0.0574. The van der Waals surface area contributed by atoms with Gasteiger partial charge < -0.3 is 5.11 Å². The lowest BCUT2D eigenvalue weighted by Crippen LogP contribution is -2.39. The summed E-state index contributed by atoms with van der Waals surface area (Å²) in [4.78, 5) is 22.2. The summed E-state index contributed by atoms with van der Waals surface area (Å²) in [6.45, 7) is 6.88. The van der Waals surface area contributed by atoms with Gasteiger partial charge in [-0.05, 0) is 19.8 Å². The van der Waals surface area contributed by atoms with E-state index in [1.54, 1.807) is 0 Å². The van der Waals surface area contributed by atoms with Crippen LogP contribution in [0.1, 0.15) is 72.1 Å². The zero-order chi connectivity index (χ0) is 16.4. The summed E-state index contributed by atoms with van der Waals surface area (Å²) in [7, 11) is 0. The van der Waals surface area contributed by atoms with Crippen LogP contribution in [0.4, 0.5) is 0 Å². The van der Waals surface area contributed by atoms with Crippen molar-refractivity contribution >= 4 is 11.6 Å². The largest absolute Gasteiger partial charge is 0.391 e. The van der Waals surface area contributed by atoms with Gasteiger partial charge in [0.2, 0.25) is 0 Å². The van der Waals surface area contributed by atoms with Crippen molar-refractivity contribution in [3.8, 4) is 0 Å². The topological polar surface area (TPSA) is 62.1 Å². The Morgan fingerprint density at radius 1 is 1.27 bits per heavy atom. The second-order valence-electron chi connectivity index (χ2n) is 6.14. The van der Waals surface area contributed by atoms with E-state index in [9.17, 15) is 9.90 Å². The third kappa shape index (κ3) is 6.88. The van der Waals surface area contributed by atoms with Gasteiger partial charge in [0.15, 0.2) is 0 Å². The molecule has 0 radical (unpaired) electrons. The summed E-state index contributed by atoms with van der Waals surface area (Å²) in [6.07, 6.45) is 7.53. The molecule has 5 heteroatoms. The second kappa shape index (κ2) is 10.7. The van der Waals surface area contributed by atoms with Crippen molar-refractivity contribution in [1.82, 2.24) is 5.06 Å². The molecule has 1 amide bonds. The lowest BCUT2D eigenvalue weighted by molar-refractivity contribution is -0.187. The molecule has 0 saturated carbocycles. The Kier molecular flexibility index (Phi) is 9.32. The summed E-state index contributed by atoms with van der Waals surface area (Å²) in [6, 6.07) is -0.277. The van der Waals surface area contributed by atoms with E-state index in [0.29, 0.717) is 19.6 Å².